The molecule has 0 spiro atoms. The van der Waals surface area contributed by atoms with Gasteiger partial charge in [-0.2, -0.15) is 0 Å². The fourth-order valence-corrected chi connectivity index (χ4v) is 2.30. The molecule has 0 aromatic heterocycles. The Morgan fingerprint density at radius 1 is 1.62 bits per heavy atom. The van der Waals surface area contributed by atoms with Crippen LogP contribution in [0.4, 0.5) is 11.4 Å². The summed E-state index contributed by atoms with van der Waals surface area (Å²) in [5.74, 6) is -0.140. The molecule has 0 radical (unpaired) electrons. The molecule has 0 aliphatic carbocycles. The molecule has 8 nitrogen and oxygen atoms in total. The molecule has 2 rings (SSSR count). The first-order valence-corrected chi connectivity index (χ1v) is 6.59. The second-order valence-corrected chi connectivity index (χ2v) is 4.82. The number of carbonyl (C=O) groups excluding carboxylic acids is 1. The lowest BCUT2D eigenvalue weighted by molar-refractivity contribution is -0.384. The highest BCUT2D eigenvalue weighted by molar-refractivity contribution is 5.81. The number of nitro benzene ring substituents is 1. The summed E-state index contributed by atoms with van der Waals surface area (Å²) >= 11 is 0. The molecule has 1 amide bonds. The molecule has 1 atom stereocenters. The van der Waals surface area contributed by atoms with Gasteiger partial charge in [0.25, 0.3) is 5.69 Å². The topological polar surface area (TPSA) is 111 Å². The van der Waals surface area contributed by atoms with E-state index in [9.17, 15) is 14.9 Å². The number of amides is 1. The van der Waals surface area contributed by atoms with E-state index in [0.717, 1.165) is 0 Å². The van der Waals surface area contributed by atoms with E-state index in [0.29, 0.717) is 37.6 Å². The molecule has 1 unspecified atom stereocenters. The number of anilines is 1. The maximum Gasteiger partial charge on any atom is 0.269 e. The third-order valence-electron chi connectivity index (χ3n) is 3.50. The van der Waals surface area contributed by atoms with Crippen molar-refractivity contribution in [2.75, 3.05) is 32.5 Å². The summed E-state index contributed by atoms with van der Waals surface area (Å²) in [7, 11) is 1.57. The van der Waals surface area contributed by atoms with Gasteiger partial charge in [0.1, 0.15) is 6.04 Å². The Morgan fingerprint density at radius 2 is 2.38 bits per heavy atom. The minimum atomic E-state index is -0.460. The minimum absolute atomic E-state index is 0.0102. The predicted molar refractivity (Wildman–Crippen MR) is 76.6 cm³/mol. The third kappa shape index (κ3) is 3.47. The number of ether oxygens (including phenoxy) is 1. The summed E-state index contributed by atoms with van der Waals surface area (Å²) in [6.45, 7) is 1.76. The zero-order chi connectivity index (χ0) is 15.4. The van der Waals surface area contributed by atoms with Crippen molar-refractivity contribution in [1.29, 1.82) is 0 Å². The van der Waals surface area contributed by atoms with E-state index in [1.807, 2.05) is 4.90 Å². The Balaban J connectivity index is 2.20. The van der Waals surface area contributed by atoms with E-state index in [4.69, 9.17) is 10.5 Å². The Hall–Kier alpha value is -2.19. The van der Waals surface area contributed by atoms with Gasteiger partial charge in [0, 0.05) is 38.0 Å². The molecule has 0 saturated carbocycles. The SMILES string of the molecule is CNC(=O)C1COCCN1Cc1cc([N+](=O)[O-])ccc1N. The first-order valence-electron chi connectivity index (χ1n) is 6.59. The number of non-ortho nitro benzene ring substituents is 1. The van der Waals surface area contributed by atoms with Crippen LogP contribution in [-0.2, 0) is 16.1 Å². The smallest absolute Gasteiger partial charge is 0.269 e. The summed E-state index contributed by atoms with van der Waals surface area (Å²) < 4.78 is 5.32. The molecule has 8 heteroatoms. The fraction of sp³-hybridized carbons (Fsp3) is 0.462. The van der Waals surface area contributed by atoms with Gasteiger partial charge in [-0.1, -0.05) is 0 Å². The van der Waals surface area contributed by atoms with Gasteiger partial charge in [0.2, 0.25) is 5.91 Å². The van der Waals surface area contributed by atoms with Crippen LogP contribution < -0.4 is 11.1 Å². The van der Waals surface area contributed by atoms with Crippen LogP contribution in [0.15, 0.2) is 18.2 Å². The highest BCUT2D eigenvalue weighted by Crippen LogP contribution is 2.22. The lowest BCUT2D eigenvalue weighted by Crippen LogP contribution is -2.52. The van der Waals surface area contributed by atoms with Crippen LogP contribution >= 0.6 is 0 Å². The zero-order valence-electron chi connectivity index (χ0n) is 11.7. The first kappa shape index (κ1) is 15.2. The predicted octanol–water partition coefficient (Wildman–Crippen LogP) is 0.124. The number of hydrogen-bond donors (Lipinski definition) is 2. The maximum atomic E-state index is 11.9. The van der Waals surface area contributed by atoms with E-state index in [1.54, 1.807) is 7.05 Å². The number of nitrogens with zero attached hydrogens (tertiary/aromatic N) is 2. The lowest BCUT2D eigenvalue weighted by atomic mass is 10.1. The van der Waals surface area contributed by atoms with Crippen LogP contribution in [0.3, 0.4) is 0 Å². The van der Waals surface area contributed by atoms with Crippen molar-refractivity contribution in [3.05, 3.63) is 33.9 Å². The maximum absolute atomic E-state index is 11.9. The average molecular weight is 294 g/mol. The molecule has 1 heterocycles. The molecule has 1 aromatic carbocycles. The van der Waals surface area contributed by atoms with Crippen molar-refractivity contribution >= 4 is 17.3 Å². The molecule has 3 N–H and O–H groups in total. The highest BCUT2D eigenvalue weighted by Gasteiger charge is 2.29. The Bertz CT molecular complexity index is 549. The van der Waals surface area contributed by atoms with Gasteiger partial charge in [-0.3, -0.25) is 19.8 Å². The van der Waals surface area contributed by atoms with Crippen molar-refractivity contribution in [3.63, 3.8) is 0 Å². The van der Waals surface area contributed by atoms with Crippen molar-refractivity contribution < 1.29 is 14.5 Å². The van der Waals surface area contributed by atoms with E-state index in [2.05, 4.69) is 5.32 Å². The Kier molecular flexibility index (Phi) is 4.71. The number of nitro groups is 1. The second kappa shape index (κ2) is 6.51. The van der Waals surface area contributed by atoms with E-state index in [1.165, 1.54) is 18.2 Å². The summed E-state index contributed by atoms with van der Waals surface area (Å²) in [6.07, 6.45) is 0. The number of nitrogens with one attached hydrogen (secondary N) is 1. The van der Waals surface area contributed by atoms with Crippen molar-refractivity contribution in [2.24, 2.45) is 0 Å². The standard InChI is InChI=1S/C13H18N4O4/c1-15-13(18)12-8-21-5-4-16(12)7-9-6-10(17(19)20)2-3-11(9)14/h2-3,6,12H,4-5,7-8,14H2,1H3,(H,15,18). The van der Waals surface area contributed by atoms with Crippen molar-refractivity contribution in [2.45, 2.75) is 12.6 Å². The quantitative estimate of drug-likeness (QED) is 0.464. The molecule has 1 aromatic rings. The summed E-state index contributed by atoms with van der Waals surface area (Å²) in [5, 5.41) is 13.4. The molecular weight excluding hydrogens is 276 g/mol. The normalized spacial score (nSPS) is 19.2. The number of rotatable bonds is 4. The van der Waals surface area contributed by atoms with E-state index < -0.39 is 11.0 Å². The number of carbonyl (C=O) groups is 1. The molecule has 114 valence electrons. The van der Waals surface area contributed by atoms with Gasteiger partial charge in [0.15, 0.2) is 0 Å². The number of nitrogens with two attached hydrogens (primary N) is 1. The van der Waals surface area contributed by atoms with Gasteiger partial charge in [-0.25, -0.2) is 0 Å². The van der Waals surface area contributed by atoms with Crippen LogP contribution in [0.2, 0.25) is 0 Å². The van der Waals surface area contributed by atoms with Gasteiger partial charge in [0.05, 0.1) is 18.1 Å². The molecule has 1 fully saturated rings. The Morgan fingerprint density at radius 3 is 3.05 bits per heavy atom. The van der Waals surface area contributed by atoms with Gasteiger partial charge >= 0.3 is 0 Å². The number of likely N-dealkylation sites (N-methyl/N-ethyl adjacent to an activating group) is 1. The number of benzene rings is 1. The Labute approximate surface area is 122 Å². The van der Waals surface area contributed by atoms with Crippen LogP contribution in [-0.4, -0.2) is 48.6 Å². The van der Waals surface area contributed by atoms with Gasteiger partial charge in [-0.05, 0) is 11.6 Å². The average Bonchev–Trinajstić information content (AvgIpc) is 2.49. The number of nitrogen functional groups attached to an aromatic ring is 1. The molecule has 0 bridgehead atoms. The summed E-state index contributed by atoms with van der Waals surface area (Å²) in [5.41, 5.74) is 6.98. The molecule has 1 aliphatic rings. The monoisotopic (exact) mass is 294 g/mol. The van der Waals surface area contributed by atoms with Crippen LogP contribution in [0, 0.1) is 10.1 Å². The number of morpholine rings is 1. The largest absolute Gasteiger partial charge is 0.398 e. The van der Waals surface area contributed by atoms with Crippen LogP contribution in [0.25, 0.3) is 0 Å². The highest BCUT2D eigenvalue weighted by atomic mass is 16.6. The van der Waals surface area contributed by atoms with Crippen molar-refractivity contribution in [3.8, 4) is 0 Å². The molecular formula is C13H18N4O4. The molecule has 1 aliphatic heterocycles. The summed E-state index contributed by atoms with van der Waals surface area (Å²) in [4.78, 5) is 24.2. The van der Waals surface area contributed by atoms with E-state index in [-0.39, 0.29) is 11.6 Å². The molecule has 21 heavy (non-hydrogen) atoms. The van der Waals surface area contributed by atoms with Gasteiger partial charge in [-0.15, -0.1) is 0 Å². The van der Waals surface area contributed by atoms with E-state index >= 15 is 0 Å². The van der Waals surface area contributed by atoms with Crippen LogP contribution in [0.5, 0.6) is 0 Å². The van der Waals surface area contributed by atoms with Gasteiger partial charge < -0.3 is 15.8 Å². The number of hydrogen-bond acceptors (Lipinski definition) is 6. The third-order valence-corrected chi connectivity index (χ3v) is 3.50. The second-order valence-electron chi connectivity index (χ2n) is 4.82. The lowest BCUT2D eigenvalue weighted by Gasteiger charge is -2.34. The minimum Gasteiger partial charge on any atom is -0.398 e. The van der Waals surface area contributed by atoms with Crippen LogP contribution in [0.1, 0.15) is 5.56 Å². The summed E-state index contributed by atoms with van der Waals surface area (Å²) in [6, 6.07) is 3.92. The zero-order valence-corrected chi connectivity index (χ0v) is 11.7. The fourth-order valence-electron chi connectivity index (χ4n) is 2.30. The molecule has 1 saturated heterocycles. The first-order chi connectivity index (χ1) is 10.0. The van der Waals surface area contributed by atoms with Crippen molar-refractivity contribution in [1.82, 2.24) is 10.2 Å².